The number of anilines is 1. The molecule has 2 aromatic heterocycles. The van der Waals surface area contributed by atoms with Crippen molar-refractivity contribution in [3.05, 3.63) is 24.2 Å². The van der Waals surface area contributed by atoms with E-state index in [-0.39, 0.29) is 31.0 Å². The van der Waals surface area contributed by atoms with Crippen molar-refractivity contribution in [3.8, 4) is 0 Å². The minimum absolute atomic E-state index is 0.0948. The fraction of sp³-hybridized carbons (Fsp3) is 0.621. The van der Waals surface area contributed by atoms with Crippen LogP contribution in [-0.4, -0.2) is 137 Å². The molecule has 0 bridgehead atoms. The first-order chi connectivity index (χ1) is 21.7. The number of carbonyl (C=O) groups excluding carboxylic acids is 3. The highest BCUT2D eigenvalue weighted by Crippen LogP contribution is 2.43. The average molecular weight is 630 g/mol. The Morgan fingerprint density at radius 2 is 1.71 bits per heavy atom. The van der Waals surface area contributed by atoms with Crippen LogP contribution < -0.4 is 11.1 Å². The normalized spacial score (nSPS) is 27.6. The van der Waals surface area contributed by atoms with Gasteiger partial charge < -0.3 is 44.4 Å². The van der Waals surface area contributed by atoms with Gasteiger partial charge in [0, 0.05) is 62.8 Å². The number of ether oxygens (including phenoxy) is 5. The highest BCUT2D eigenvalue weighted by atomic mass is 16.6. The van der Waals surface area contributed by atoms with Crippen LogP contribution in [0.2, 0.25) is 0 Å². The number of nitrogens with one attached hydrogen (secondary N) is 1. The zero-order chi connectivity index (χ0) is 31.6. The molecule has 244 valence electrons. The van der Waals surface area contributed by atoms with Gasteiger partial charge in [-0.05, 0) is 6.92 Å². The first-order valence-electron chi connectivity index (χ1n) is 15.2. The van der Waals surface area contributed by atoms with Crippen LogP contribution in [0.1, 0.15) is 31.6 Å². The Kier molecular flexibility index (Phi) is 9.30. The molecule has 4 aliphatic heterocycles. The minimum Gasteiger partial charge on any atom is -0.463 e. The standard InChI is InChI=1S/C29H39N7O9/c1-29(40)25(45-23(39)3-5-35-8-12-42-13-9-35)20(16-43-22(38)2-4-34-6-10-41-11-7-34)44-28(29)36-15-18-19(30)14-21(37)33-26-24(18)27(36)32-17-31-26/h14-15,17,20,25,28,40H,2-13,16,30H2,1H3,(H,31,32,33,37)/t20-,25-,28-,29?/m1/s1. The summed E-state index contributed by atoms with van der Waals surface area (Å²) in [5, 5.41) is 15.1. The molecule has 45 heavy (non-hydrogen) atoms. The molecule has 4 atom stereocenters. The molecule has 1 amide bonds. The third-order valence-corrected chi connectivity index (χ3v) is 8.56. The lowest BCUT2D eigenvalue weighted by atomic mass is 9.96. The van der Waals surface area contributed by atoms with E-state index in [9.17, 15) is 19.5 Å². The van der Waals surface area contributed by atoms with Gasteiger partial charge in [-0.2, -0.15) is 0 Å². The van der Waals surface area contributed by atoms with Gasteiger partial charge in [-0.15, -0.1) is 0 Å². The summed E-state index contributed by atoms with van der Waals surface area (Å²) in [7, 11) is 0. The summed E-state index contributed by atoms with van der Waals surface area (Å²) >= 11 is 0. The Labute approximate surface area is 259 Å². The Morgan fingerprint density at radius 1 is 1.07 bits per heavy atom. The number of aromatic nitrogens is 3. The average Bonchev–Trinajstić information content (AvgIpc) is 3.49. The minimum atomic E-state index is -1.79. The first kappa shape index (κ1) is 31.3. The molecule has 3 fully saturated rings. The van der Waals surface area contributed by atoms with Gasteiger partial charge in [0.05, 0.1) is 44.7 Å². The summed E-state index contributed by atoms with van der Waals surface area (Å²) in [5.41, 5.74) is 5.42. The third-order valence-electron chi connectivity index (χ3n) is 8.56. The van der Waals surface area contributed by atoms with E-state index in [2.05, 4.69) is 25.1 Å². The van der Waals surface area contributed by atoms with E-state index >= 15 is 0 Å². The van der Waals surface area contributed by atoms with Gasteiger partial charge in [0.1, 0.15) is 36.1 Å². The molecule has 1 unspecified atom stereocenters. The molecule has 0 spiro atoms. The summed E-state index contributed by atoms with van der Waals surface area (Å²) in [6.45, 7) is 7.61. The summed E-state index contributed by atoms with van der Waals surface area (Å²) in [6.07, 6.45) is 1.08. The van der Waals surface area contributed by atoms with Crippen LogP contribution in [0.15, 0.2) is 18.6 Å². The summed E-state index contributed by atoms with van der Waals surface area (Å²) in [5.74, 6) is -1.14. The van der Waals surface area contributed by atoms with Crippen molar-refractivity contribution in [2.75, 3.05) is 77.6 Å². The van der Waals surface area contributed by atoms with E-state index in [1.807, 2.05) is 0 Å². The zero-order valence-electron chi connectivity index (χ0n) is 25.2. The molecule has 16 heteroatoms. The fourth-order valence-corrected chi connectivity index (χ4v) is 6.11. The molecule has 0 radical (unpaired) electrons. The van der Waals surface area contributed by atoms with E-state index in [1.54, 1.807) is 10.8 Å². The van der Waals surface area contributed by atoms with E-state index in [1.165, 1.54) is 19.3 Å². The van der Waals surface area contributed by atoms with Crippen LogP contribution in [0.3, 0.4) is 0 Å². The van der Waals surface area contributed by atoms with Crippen LogP contribution in [0.4, 0.5) is 5.82 Å². The highest BCUT2D eigenvalue weighted by molar-refractivity contribution is 6.13. The van der Waals surface area contributed by atoms with Crippen LogP contribution in [0.5, 0.6) is 0 Å². The smallest absolute Gasteiger partial charge is 0.307 e. The van der Waals surface area contributed by atoms with E-state index < -0.39 is 41.9 Å². The van der Waals surface area contributed by atoms with Gasteiger partial charge >= 0.3 is 11.9 Å². The number of aliphatic hydroxyl groups is 1. The molecule has 0 saturated carbocycles. The number of hydrogen-bond acceptors (Lipinski definition) is 14. The van der Waals surface area contributed by atoms with Crippen molar-refractivity contribution in [2.24, 2.45) is 5.73 Å². The molecule has 6 rings (SSSR count). The molecule has 4 N–H and O–H groups in total. The highest BCUT2D eigenvalue weighted by Gasteiger charge is 2.57. The Hall–Kier alpha value is -3.67. The van der Waals surface area contributed by atoms with Gasteiger partial charge in [0.25, 0.3) is 5.91 Å². The number of nitrogens with two attached hydrogens (primary N) is 1. The number of rotatable bonds is 10. The second-order valence-corrected chi connectivity index (χ2v) is 11.7. The molecule has 4 aliphatic rings. The van der Waals surface area contributed by atoms with E-state index in [0.717, 1.165) is 13.1 Å². The van der Waals surface area contributed by atoms with Crippen LogP contribution in [0.25, 0.3) is 16.7 Å². The second kappa shape index (κ2) is 13.4. The number of hydrogen-bond donors (Lipinski definition) is 3. The predicted molar refractivity (Wildman–Crippen MR) is 157 cm³/mol. The fourth-order valence-electron chi connectivity index (χ4n) is 6.11. The zero-order valence-corrected chi connectivity index (χ0v) is 25.2. The Balaban J connectivity index is 1.22. The van der Waals surface area contributed by atoms with Crippen molar-refractivity contribution in [1.29, 1.82) is 0 Å². The molecular formula is C29H39N7O9. The predicted octanol–water partition coefficient (Wildman–Crippen LogP) is -0.769. The van der Waals surface area contributed by atoms with E-state index in [0.29, 0.717) is 69.2 Å². The SMILES string of the molecule is CC1(O)[C@H](OC(=O)CCN2CCOCC2)[C@@H](COC(=O)CCN2CCOCC2)O[C@H]1n1cc2c3c(ncnc31)NC(=O)C=C2N. The third kappa shape index (κ3) is 6.80. The summed E-state index contributed by atoms with van der Waals surface area (Å²) < 4.78 is 30.1. The summed E-state index contributed by atoms with van der Waals surface area (Å²) in [6, 6.07) is 0. The number of carbonyl (C=O) groups is 3. The summed E-state index contributed by atoms with van der Waals surface area (Å²) in [4.78, 5) is 50.9. The van der Waals surface area contributed by atoms with Gasteiger partial charge in [-0.1, -0.05) is 0 Å². The van der Waals surface area contributed by atoms with Crippen molar-refractivity contribution in [3.63, 3.8) is 0 Å². The molecule has 16 nitrogen and oxygen atoms in total. The van der Waals surface area contributed by atoms with Gasteiger partial charge in [-0.25, -0.2) is 9.97 Å². The number of nitrogens with zero attached hydrogens (tertiary/aromatic N) is 5. The monoisotopic (exact) mass is 629 g/mol. The molecular weight excluding hydrogens is 590 g/mol. The maximum Gasteiger partial charge on any atom is 0.307 e. The Bertz CT molecular complexity index is 1450. The largest absolute Gasteiger partial charge is 0.463 e. The second-order valence-electron chi connectivity index (χ2n) is 11.7. The van der Waals surface area contributed by atoms with Gasteiger partial charge in [0.15, 0.2) is 12.3 Å². The van der Waals surface area contributed by atoms with E-state index in [4.69, 9.17) is 29.4 Å². The molecule has 0 aliphatic carbocycles. The van der Waals surface area contributed by atoms with Crippen LogP contribution >= 0.6 is 0 Å². The Morgan fingerprint density at radius 3 is 2.38 bits per heavy atom. The van der Waals surface area contributed by atoms with Gasteiger partial charge in [-0.3, -0.25) is 24.2 Å². The van der Waals surface area contributed by atoms with Crippen molar-refractivity contribution in [1.82, 2.24) is 24.3 Å². The molecule has 0 aromatic carbocycles. The quantitative estimate of drug-likeness (QED) is 0.278. The lowest BCUT2D eigenvalue weighted by Gasteiger charge is -2.31. The first-order valence-corrected chi connectivity index (χ1v) is 15.2. The number of amides is 1. The molecule has 3 saturated heterocycles. The lowest BCUT2D eigenvalue weighted by molar-refractivity contribution is -0.166. The number of morpholine rings is 2. The van der Waals surface area contributed by atoms with Crippen LogP contribution in [0, 0.1) is 0 Å². The van der Waals surface area contributed by atoms with Crippen molar-refractivity contribution >= 4 is 40.4 Å². The molecule has 6 heterocycles. The van der Waals surface area contributed by atoms with Gasteiger partial charge in [0.2, 0.25) is 0 Å². The van der Waals surface area contributed by atoms with Crippen LogP contribution in [-0.2, 0) is 38.1 Å². The number of esters is 2. The topological polar surface area (TPSA) is 193 Å². The lowest BCUT2D eigenvalue weighted by Crippen LogP contribution is -2.47. The van der Waals surface area contributed by atoms with Crippen molar-refractivity contribution < 1.29 is 43.2 Å². The van der Waals surface area contributed by atoms with Crippen molar-refractivity contribution in [2.45, 2.75) is 43.8 Å². The maximum absolute atomic E-state index is 13.1. The maximum atomic E-state index is 13.1. The molecule has 2 aromatic rings.